The van der Waals surface area contributed by atoms with Crippen LogP contribution in [0.4, 0.5) is 17.6 Å². The summed E-state index contributed by atoms with van der Waals surface area (Å²) in [7, 11) is -3.06. The molecule has 1 amide bonds. The van der Waals surface area contributed by atoms with Gasteiger partial charge in [0.2, 0.25) is 5.91 Å². The third kappa shape index (κ3) is 7.03. The molecule has 12 heteroatoms. The van der Waals surface area contributed by atoms with Crippen LogP contribution in [0.3, 0.4) is 0 Å². The van der Waals surface area contributed by atoms with Crippen LogP contribution in [0.2, 0.25) is 0 Å². The van der Waals surface area contributed by atoms with Crippen LogP contribution in [0, 0.1) is 5.82 Å². The fourth-order valence-corrected chi connectivity index (χ4v) is 3.81. The number of benzene rings is 3. The molecule has 0 atom stereocenters. The highest BCUT2D eigenvalue weighted by atomic mass is 32.2. The number of methoxy groups -OCH3 is 1. The molecule has 3 rings (SSSR count). The van der Waals surface area contributed by atoms with Gasteiger partial charge >= 0.3 is 16.3 Å². The predicted molar refractivity (Wildman–Crippen MR) is 118 cm³/mol. The van der Waals surface area contributed by atoms with Gasteiger partial charge in [-0.3, -0.25) is 4.79 Å². The van der Waals surface area contributed by atoms with Gasteiger partial charge in [-0.1, -0.05) is 12.1 Å². The average molecular weight is 510 g/mol. The molecule has 0 aliphatic heterocycles. The summed E-state index contributed by atoms with van der Waals surface area (Å²) in [6.45, 7) is 0. The average Bonchev–Trinajstić information content (AvgIpc) is 2.80. The van der Waals surface area contributed by atoms with Crippen LogP contribution in [-0.2, 0) is 27.5 Å². The van der Waals surface area contributed by atoms with E-state index >= 15 is 0 Å². The molecular formula is C23H18F4N2O5S. The van der Waals surface area contributed by atoms with Gasteiger partial charge < -0.3 is 8.92 Å². The Bertz CT molecular complexity index is 1340. The lowest BCUT2D eigenvalue weighted by Gasteiger charge is -2.11. The zero-order valence-corrected chi connectivity index (χ0v) is 18.9. The number of hydrogen-bond acceptors (Lipinski definition) is 6. The second kappa shape index (κ2) is 10.6. The van der Waals surface area contributed by atoms with Crippen LogP contribution in [-0.4, -0.2) is 27.6 Å². The highest BCUT2D eigenvalue weighted by Crippen LogP contribution is 2.30. The van der Waals surface area contributed by atoms with E-state index in [1.165, 1.54) is 7.11 Å². The highest BCUT2D eigenvalue weighted by Gasteiger charge is 2.31. The third-order valence-electron chi connectivity index (χ3n) is 4.53. The quantitative estimate of drug-likeness (QED) is 0.211. The first-order valence-electron chi connectivity index (χ1n) is 9.84. The number of nitrogens with one attached hydrogen (secondary N) is 1. The van der Waals surface area contributed by atoms with Crippen LogP contribution in [0.15, 0.2) is 76.7 Å². The molecule has 0 saturated heterocycles. The minimum absolute atomic E-state index is 0.0383. The minimum atomic E-state index is -4.64. The molecule has 0 bridgehead atoms. The summed E-state index contributed by atoms with van der Waals surface area (Å²) in [5, 5.41) is 3.70. The normalized spacial score (nSPS) is 11.9. The molecular weight excluding hydrogens is 492 g/mol. The number of hydrogen-bond donors (Lipinski definition) is 1. The second-order valence-electron chi connectivity index (χ2n) is 7.06. The molecule has 0 aliphatic carbocycles. The monoisotopic (exact) mass is 510 g/mol. The second-order valence-corrected chi connectivity index (χ2v) is 8.61. The fourth-order valence-electron chi connectivity index (χ4n) is 2.85. The van der Waals surface area contributed by atoms with Crippen LogP contribution < -0.4 is 14.3 Å². The molecule has 3 aromatic rings. The van der Waals surface area contributed by atoms with Crippen molar-refractivity contribution in [2.24, 2.45) is 5.10 Å². The van der Waals surface area contributed by atoms with Crippen LogP contribution >= 0.6 is 0 Å². The van der Waals surface area contributed by atoms with Crippen molar-refractivity contribution in [3.8, 4) is 11.5 Å². The Morgan fingerprint density at radius 3 is 2.43 bits per heavy atom. The molecule has 184 valence electrons. The molecule has 35 heavy (non-hydrogen) atoms. The molecule has 3 aromatic carbocycles. The molecule has 0 unspecified atom stereocenters. The molecule has 0 saturated carbocycles. The number of amides is 1. The van der Waals surface area contributed by atoms with Gasteiger partial charge in [0.25, 0.3) is 0 Å². The summed E-state index contributed by atoms with van der Waals surface area (Å²) < 4.78 is 87.0. The summed E-state index contributed by atoms with van der Waals surface area (Å²) in [5.74, 6) is -1.04. The molecule has 0 fully saturated rings. The lowest BCUT2D eigenvalue weighted by molar-refractivity contribution is -0.137. The standard InChI is InChI=1S/C23H18F4N2O5S/c1-33-19-4-2-3-15(11-19)12-22(30)29-28-14-16-13-18(24)7-10-21(16)34-35(31,32)20-8-5-17(6-9-20)23(25,26)27/h2-11,13-14H,12H2,1H3,(H,29,30). The van der Waals surface area contributed by atoms with Crippen LogP contribution in [0.25, 0.3) is 0 Å². The fraction of sp³-hybridized carbons (Fsp3) is 0.130. The van der Waals surface area contributed by atoms with Gasteiger partial charge in [-0.15, -0.1) is 0 Å². The lowest BCUT2D eigenvalue weighted by atomic mass is 10.1. The van der Waals surface area contributed by atoms with E-state index in [1.807, 2.05) is 0 Å². The molecule has 0 heterocycles. The largest absolute Gasteiger partial charge is 0.497 e. The van der Waals surface area contributed by atoms with E-state index in [4.69, 9.17) is 8.92 Å². The van der Waals surface area contributed by atoms with Crippen molar-refractivity contribution in [1.82, 2.24) is 5.43 Å². The highest BCUT2D eigenvalue weighted by molar-refractivity contribution is 7.87. The van der Waals surface area contributed by atoms with E-state index in [0.717, 1.165) is 36.5 Å². The minimum Gasteiger partial charge on any atom is -0.497 e. The van der Waals surface area contributed by atoms with Crippen molar-refractivity contribution in [2.45, 2.75) is 17.5 Å². The Hall–Kier alpha value is -3.93. The van der Waals surface area contributed by atoms with Gasteiger partial charge in [-0.25, -0.2) is 9.82 Å². The maximum Gasteiger partial charge on any atom is 0.416 e. The number of hydrazone groups is 1. The Kier molecular flexibility index (Phi) is 7.75. The first-order valence-corrected chi connectivity index (χ1v) is 11.2. The number of nitrogens with zero attached hydrogens (tertiary/aromatic N) is 1. The number of ether oxygens (including phenoxy) is 1. The molecule has 0 spiro atoms. The number of alkyl halides is 3. The Balaban J connectivity index is 1.73. The van der Waals surface area contributed by atoms with E-state index in [-0.39, 0.29) is 17.7 Å². The van der Waals surface area contributed by atoms with Crippen LogP contribution in [0.1, 0.15) is 16.7 Å². The van der Waals surface area contributed by atoms with Crippen molar-refractivity contribution >= 4 is 22.2 Å². The number of carbonyl (C=O) groups excluding carboxylic acids is 1. The summed E-state index contributed by atoms with van der Waals surface area (Å²) in [5.41, 5.74) is 1.71. The first-order chi connectivity index (χ1) is 16.5. The van der Waals surface area contributed by atoms with Gasteiger partial charge in [0, 0.05) is 5.56 Å². The summed E-state index contributed by atoms with van der Waals surface area (Å²) in [6, 6.07) is 12.3. The van der Waals surface area contributed by atoms with E-state index in [9.17, 15) is 30.8 Å². The van der Waals surface area contributed by atoms with Crippen molar-refractivity contribution in [1.29, 1.82) is 0 Å². The number of rotatable bonds is 8. The summed E-state index contributed by atoms with van der Waals surface area (Å²) in [4.78, 5) is 11.6. The zero-order chi connectivity index (χ0) is 25.6. The van der Waals surface area contributed by atoms with Gasteiger partial charge in [0.05, 0.1) is 25.3 Å². The zero-order valence-electron chi connectivity index (χ0n) is 18.0. The smallest absolute Gasteiger partial charge is 0.416 e. The number of carbonyl (C=O) groups is 1. The van der Waals surface area contributed by atoms with Crippen LogP contribution in [0.5, 0.6) is 11.5 Å². The molecule has 0 radical (unpaired) electrons. The Labute approximate surface area is 198 Å². The van der Waals surface area contributed by atoms with E-state index in [1.54, 1.807) is 24.3 Å². The summed E-state index contributed by atoms with van der Waals surface area (Å²) >= 11 is 0. The SMILES string of the molecule is COc1cccc(CC(=O)NN=Cc2cc(F)ccc2OS(=O)(=O)c2ccc(C(F)(F)F)cc2)c1. The van der Waals surface area contributed by atoms with E-state index in [2.05, 4.69) is 10.5 Å². The predicted octanol–water partition coefficient (Wildman–Crippen LogP) is 4.31. The molecule has 1 N–H and O–H groups in total. The van der Waals surface area contributed by atoms with E-state index in [0.29, 0.717) is 23.4 Å². The lowest BCUT2D eigenvalue weighted by Crippen LogP contribution is -2.20. The molecule has 0 aliphatic rings. The van der Waals surface area contributed by atoms with Gasteiger partial charge in [0.1, 0.15) is 16.5 Å². The van der Waals surface area contributed by atoms with Crippen molar-refractivity contribution < 1.29 is 39.7 Å². The van der Waals surface area contributed by atoms with E-state index < -0.39 is 38.5 Å². The Morgan fingerprint density at radius 2 is 1.77 bits per heavy atom. The van der Waals surface area contributed by atoms with Gasteiger partial charge in [-0.05, 0) is 60.2 Å². The first kappa shape index (κ1) is 25.7. The Morgan fingerprint density at radius 1 is 1.06 bits per heavy atom. The van der Waals surface area contributed by atoms with Gasteiger partial charge in [-0.2, -0.15) is 26.7 Å². The van der Waals surface area contributed by atoms with Gasteiger partial charge in [0.15, 0.2) is 5.75 Å². The topological polar surface area (TPSA) is 94.1 Å². The van der Waals surface area contributed by atoms with Crippen molar-refractivity contribution in [3.63, 3.8) is 0 Å². The molecule has 0 aromatic heterocycles. The third-order valence-corrected chi connectivity index (χ3v) is 5.78. The molecule has 7 nitrogen and oxygen atoms in total. The summed E-state index contributed by atoms with van der Waals surface area (Å²) in [6.07, 6.45) is -3.70. The maximum atomic E-state index is 13.7. The van der Waals surface area contributed by atoms with Crippen molar-refractivity contribution in [3.05, 3.63) is 89.2 Å². The number of halogens is 4. The maximum absolute atomic E-state index is 13.7. The van der Waals surface area contributed by atoms with Crippen molar-refractivity contribution in [2.75, 3.05) is 7.11 Å².